The lowest BCUT2D eigenvalue weighted by atomic mass is 9.97. The van der Waals surface area contributed by atoms with E-state index in [4.69, 9.17) is 0 Å². The quantitative estimate of drug-likeness (QED) is 0.841. The molecule has 3 nitrogen and oxygen atoms in total. The van der Waals surface area contributed by atoms with Gasteiger partial charge in [0.15, 0.2) is 0 Å². The summed E-state index contributed by atoms with van der Waals surface area (Å²) in [4.78, 5) is 12.1. The number of nitrogens with one attached hydrogen (secondary N) is 2. The van der Waals surface area contributed by atoms with Crippen molar-refractivity contribution in [1.29, 1.82) is 0 Å². The van der Waals surface area contributed by atoms with Crippen LogP contribution in [0.4, 0.5) is 5.69 Å². The summed E-state index contributed by atoms with van der Waals surface area (Å²) in [6.07, 6.45) is 3.05. The van der Waals surface area contributed by atoms with Gasteiger partial charge < -0.3 is 10.6 Å². The number of hydrogen-bond donors (Lipinski definition) is 2. The van der Waals surface area contributed by atoms with E-state index in [1.807, 2.05) is 19.1 Å². The van der Waals surface area contributed by atoms with Crippen molar-refractivity contribution in [2.75, 3.05) is 11.9 Å². The van der Waals surface area contributed by atoms with Crippen LogP contribution < -0.4 is 10.6 Å². The second-order valence-corrected chi connectivity index (χ2v) is 4.64. The van der Waals surface area contributed by atoms with E-state index in [9.17, 15) is 4.79 Å². The highest BCUT2D eigenvalue weighted by Crippen LogP contribution is 2.25. The fourth-order valence-electron chi connectivity index (χ4n) is 2.13. The maximum absolute atomic E-state index is 12.1. The Morgan fingerprint density at radius 3 is 3.12 bits per heavy atom. The van der Waals surface area contributed by atoms with Crippen molar-refractivity contribution >= 4 is 11.6 Å². The van der Waals surface area contributed by atoms with Crippen molar-refractivity contribution in [2.45, 2.75) is 39.2 Å². The van der Waals surface area contributed by atoms with Gasteiger partial charge in [0.05, 0.1) is 0 Å². The minimum Gasteiger partial charge on any atom is -0.385 e. The van der Waals surface area contributed by atoms with Crippen LogP contribution in [0.5, 0.6) is 0 Å². The van der Waals surface area contributed by atoms with Gasteiger partial charge >= 0.3 is 0 Å². The van der Waals surface area contributed by atoms with E-state index in [2.05, 4.69) is 23.6 Å². The summed E-state index contributed by atoms with van der Waals surface area (Å²) in [5.74, 6) is 0.0555. The van der Waals surface area contributed by atoms with E-state index in [0.29, 0.717) is 0 Å². The standard InChI is InChI=1S/C14H20N2O/c1-3-10(2)16-14(17)12-6-4-8-13-11(12)7-5-9-15-13/h4,6,8,10,15H,3,5,7,9H2,1-2H3,(H,16,17). The predicted octanol–water partition coefficient (Wildman–Crippen LogP) is 2.57. The van der Waals surface area contributed by atoms with Crippen molar-refractivity contribution in [3.63, 3.8) is 0 Å². The van der Waals surface area contributed by atoms with Crippen molar-refractivity contribution in [3.05, 3.63) is 29.3 Å². The molecule has 17 heavy (non-hydrogen) atoms. The zero-order chi connectivity index (χ0) is 12.3. The summed E-state index contributed by atoms with van der Waals surface area (Å²) in [6, 6.07) is 6.15. The molecular weight excluding hydrogens is 212 g/mol. The first-order chi connectivity index (χ1) is 8.22. The zero-order valence-corrected chi connectivity index (χ0v) is 10.5. The highest BCUT2D eigenvalue weighted by atomic mass is 16.1. The molecule has 0 radical (unpaired) electrons. The van der Waals surface area contributed by atoms with Crippen LogP contribution >= 0.6 is 0 Å². The average molecular weight is 232 g/mol. The molecule has 0 aliphatic carbocycles. The Balaban J connectivity index is 2.23. The molecular formula is C14H20N2O. The number of carbonyl (C=O) groups excluding carboxylic acids is 1. The molecule has 1 aliphatic heterocycles. The highest BCUT2D eigenvalue weighted by Gasteiger charge is 2.17. The van der Waals surface area contributed by atoms with Gasteiger partial charge in [-0.1, -0.05) is 13.0 Å². The molecule has 0 saturated heterocycles. The summed E-state index contributed by atoms with van der Waals surface area (Å²) in [6.45, 7) is 5.11. The SMILES string of the molecule is CCC(C)NC(=O)c1cccc2c1CCCN2. The van der Waals surface area contributed by atoms with Crippen molar-refractivity contribution in [3.8, 4) is 0 Å². The molecule has 0 spiro atoms. The topological polar surface area (TPSA) is 41.1 Å². The Morgan fingerprint density at radius 1 is 1.53 bits per heavy atom. The van der Waals surface area contributed by atoms with Gasteiger partial charge in [-0.25, -0.2) is 0 Å². The number of fused-ring (bicyclic) bond motifs is 1. The molecule has 1 aromatic rings. The van der Waals surface area contributed by atoms with Gasteiger partial charge in [0, 0.05) is 23.8 Å². The minimum absolute atomic E-state index is 0.0555. The van der Waals surface area contributed by atoms with E-state index >= 15 is 0 Å². The molecule has 0 aromatic heterocycles. The lowest BCUT2D eigenvalue weighted by molar-refractivity contribution is 0.0938. The Bertz CT molecular complexity index is 415. The number of carbonyl (C=O) groups is 1. The fraction of sp³-hybridized carbons (Fsp3) is 0.500. The van der Waals surface area contributed by atoms with Gasteiger partial charge in [-0.2, -0.15) is 0 Å². The fourth-order valence-corrected chi connectivity index (χ4v) is 2.13. The third-order valence-electron chi connectivity index (χ3n) is 3.33. The summed E-state index contributed by atoms with van der Waals surface area (Å²) >= 11 is 0. The van der Waals surface area contributed by atoms with E-state index in [0.717, 1.165) is 37.1 Å². The number of rotatable bonds is 3. The second kappa shape index (κ2) is 5.21. The molecule has 1 heterocycles. The predicted molar refractivity (Wildman–Crippen MR) is 70.5 cm³/mol. The number of anilines is 1. The Morgan fingerprint density at radius 2 is 2.35 bits per heavy atom. The zero-order valence-electron chi connectivity index (χ0n) is 10.5. The molecule has 1 unspecified atom stereocenters. The third-order valence-corrected chi connectivity index (χ3v) is 3.33. The first-order valence-corrected chi connectivity index (χ1v) is 6.39. The largest absolute Gasteiger partial charge is 0.385 e. The average Bonchev–Trinajstić information content (AvgIpc) is 2.37. The maximum Gasteiger partial charge on any atom is 0.251 e. The van der Waals surface area contributed by atoms with Gasteiger partial charge in [-0.05, 0) is 43.9 Å². The first kappa shape index (κ1) is 12.0. The number of benzene rings is 1. The molecule has 3 heteroatoms. The molecule has 1 aliphatic rings. The van der Waals surface area contributed by atoms with Crippen LogP contribution in [0.1, 0.15) is 42.6 Å². The smallest absolute Gasteiger partial charge is 0.251 e. The lowest BCUT2D eigenvalue weighted by Crippen LogP contribution is -2.33. The van der Waals surface area contributed by atoms with Crippen molar-refractivity contribution < 1.29 is 4.79 Å². The van der Waals surface area contributed by atoms with Crippen molar-refractivity contribution in [2.24, 2.45) is 0 Å². The number of amides is 1. The molecule has 1 amide bonds. The minimum atomic E-state index is 0.0555. The summed E-state index contributed by atoms with van der Waals surface area (Å²) < 4.78 is 0. The molecule has 0 fully saturated rings. The molecule has 0 saturated carbocycles. The summed E-state index contributed by atoms with van der Waals surface area (Å²) in [5, 5.41) is 6.37. The van der Waals surface area contributed by atoms with Gasteiger partial charge in [-0.3, -0.25) is 4.79 Å². The Kier molecular flexibility index (Phi) is 3.67. The third kappa shape index (κ3) is 2.60. The van der Waals surface area contributed by atoms with Gasteiger partial charge in [0.1, 0.15) is 0 Å². The molecule has 92 valence electrons. The van der Waals surface area contributed by atoms with Crippen molar-refractivity contribution in [1.82, 2.24) is 5.32 Å². The second-order valence-electron chi connectivity index (χ2n) is 4.64. The van der Waals surface area contributed by atoms with Crippen LogP contribution in [0, 0.1) is 0 Å². The Hall–Kier alpha value is -1.51. The molecule has 0 bridgehead atoms. The molecule has 1 aromatic carbocycles. The van der Waals surface area contributed by atoms with Crippen LogP contribution in [-0.2, 0) is 6.42 Å². The van der Waals surface area contributed by atoms with E-state index < -0.39 is 0 Å². The maximum atomic E-state index is 12.1. The van der Waals surface area contributed by atoms with Gasteiger partial charge in [0.25, 0.3) is 5.91 Å². The highest BCUT2D eigenvalue weighted by molar-refractivity contribution is 5.97. The van der Waals surface area contributed by atoms with Gasteiger partial charge in [0.2, 0.25) is 0 Å². The van der Waals surface area contributed by atoms with E-state index in [1.54, 1.807) is 0 Å². The number of hydrogen-bond acceptors (Lipinski definition) is 2. The summed E-state index contributed by atoms with van der Waals surface area (Å²) in [5.41, 5.74) is 3.11. The lowest BCUT2D eigenvalue weighted by Gasteiger charge is -2.21. The first-order valence-electron chi connectivity index (χ1n) is 6.39. The van der Waals surface area contributed by atoms with Gasteiger partial charge in [-0.15, -0.1) is 0 Å². The van der Waals surface area contributed by atoms with Crippen LogP contribution in [0.25, 0.3) is 0 Å². The van der Waals surface area contributed by atoms with Crippen LogP contribution in [0.15, 0.2) is 18.2 Å². The monoisotopic (exact) mass is 232 g/mol. The van der Waals surface area contributed by atoms with Crippen LogP contribution in [0.2, 0.25) is 0 Å². The molecule has 2 N–H and O–H groups in total. The molecule has 2 rings (SSSR count). The normalized spacial score (nSPS) is 15.6. The van der Waals surface area contributed by atoms with Crippen LogP contribution in [0.3, 0.4) is 0 Å². The molecule has 1 atom stereocenters. The van der Waals surface area contributed by atoms with E-state index in [1.165, 1.54) is 5.56 Å². The Labute approximate surface area is 103 Å². The van der Waals surface area contributed by atoms with Crippen LogP contribution in [-0.4, -0.2) is 18.5 Å². The van der Waals surface area contributed by atoms with E-state index in [-0.39, 0.29) is 11.9 Å². The summed E-state index contributed by atoms with van der Waals surface area (Å²) in [7, 11) is 0.